The number of aliphatic imine (C=N–C) groups is 1. The fourth-order valence-corrected chi connectivity index (χ4v) is 4.30. The van der Waals surface area contributed by atoms with E-state index in [1.54, 1.807) is 48.5 Å². The monoisotopic (exact) mass is 575 g/mol. The summed E-state index contributed by atoms with van der Waals surface area (Å²) >= 11 is 16.6. The first-order chi connectivity index (χ1) is 16.4. The number of carbonyl (C=O) groups is 2. The predicted molar refractivity (Wildman–Crippen MR) is 142 cm³/mol. The molecule has 0 atom stereocenters. The molecule has 0 aliphatic carbocycles. The molecule has 3 aromatic carbocycles. The van der Waals surface area contributed by atoms with Crippen molar-refractivity contribution in [3.8, 4) is 5.75 Å². The molecule has 1 saturated heterocycles. The van der Waals surface area contributed by atoms with Crippen LogP contribution < -0.4 is 15.4 Å². The molecule has 6 nitrogen and oxygen atoms in total. The zero-order chi connectivity index (χ0) is 24.1. The molecule has 0 bridgehead atoms. The smallest absolute Gasteiger partial charge is 0.264 e. The molecule has 1 aliphatic rings. The topological polar surface area (TPSA) is 79.8 Å². The van der Waals surface area contributed by atoms with E-state index in [-0.39, 0.29) is 18.4 Å². The highest BCUT2D eigenvalue weighted by Gasteiger charge is 2.23. The summed E-state index contributed by atoms with van der Waals surface area (Å²) < 4.78 is 6.49. The third kappa shape index (κ3) is 6.64. The Morgan fingerprint density at radius 2 is 1.82 bits per heavy atom. The second-order valence-electron chi connectivity index (χ2n) is 6.99. The van der Waals surface area contributed by atoms with Crippen molar-refractivity contribution in [2.45, 2.75) is 0 Å². The highest BCUT2D eigenvalue weighted by Crippen LogP contribution is 2.29. The highest BCUT2D eigenvalue weighted by molar-refractivity contribution is 9.10. The Labute approximate surface area is 218 Å². The quantitative estimate of drug-likeness (QED) is 0.321. The maximum Gasteiger partial charge on any atom is 0.264 e. The largest absolute Gasteiger partial charge is 0.484 e. The summed E-state index contributed by atoms with van der Waals surface area (Å²) in [5.74, 6) is -0.0694. The molecule has 0 spiro atoms. The lowest BCUT2D eigenvalue weighted by Gasteiger charge is -2.09. The Hall–Kier alpha value is -2.78. The van der Waals surface area contributed by atoms with Gasteiger partial charge >= 0.3 is 0 Å². The molecule has 4 rings (SSSR count). The summed E-state index contributed by atoms with van der Waals surface area (Å²) in [6, 6.07) is 19.3. The number of benzene rings is 3. The summed E-state index contributed by atoms with van der Waals surface area (Å²) in [5.41, 5.74) is 1.97. The van der Waals surface area contributed by atoms with Crippen molar-refractivity contribution in [2.75, 3.05) is 11.9 Å². The SMILES string of the molecule is O=C(COc1ccc(/C=C2\SC(=Nc3ccc(Br)cc3)NC2=O)cc1)Nc1cc(Cl)ccc1Cl. The van der Waals surface area contributed by atoms with Crippen LogP contribution >= 0.6 is 50.9 Å². The predicted octanol–water partition coefficient (Wildman–Crippen LogP) is 6.67. The number of carbonyl (C=O) groups excluding carboxylic acids is 2. The van der Waals surface area contributed by atoms with E-state index in [0.29, 0.717) is 31.6 Å². The summed E-state index contributed by atoms with van der Waals surface area (Å²) in [7, 11) is 0. The molecule has 1 fully saturated rings. The van der Waals surface area contributed by atoms with Crippen molar-refractivity contribution in [1.82, 2.24) is 5.32 Å². The first-order valence-corrected chi connectivity index (χ1v) is 12.3. The summed E-state index contributed by atoms with van der Waals surface area (Å²) in [6.07, 6.45) is 1.77. The van der Waals surface area contributed by atoms with Crippen molar-refractivity contribution in [3.63, 3.8) is 0 Å². The van der Waals surface area contributed by atoms with Crippen LogP contribution in [-0.4, -0.2) is 23.6 Å². The van der Waals surface area contributed by atoms with Crippen molar-refractivity contribution >= 4 is 85.3 Å². The summed E-state index contributed by atoms with van der Waals surface area (Å²) in [4.78, 5) is 29.4. The lowest BCUT2D eigenvalue weighted by atomic mass is 10.2. The maximum atomic E-state index is 12.3. The summed E-state index contributed by atoms with van der Waals surface area (Å²) in [5, 5.41) is 6.79. The van der Waals surface area contributed by atoms with Gasteiger partial charge in [-0.2, -0.15) is 0 Å². The van der Waals surface area contributed by atoms with E-state index >= 15 is 0 Å². The third-order valence-corrected chi connectivity index (χ3v) is 6.46. The van der Waals surface area contributed by atoms with E-state index in [2.05, 4.69) is 31.6 Å². The zero-order valence-corrected chi connectivity index (χ0v) is 21.3. The highest BCUT2D eigenvalue weighted by atomic mass is 79.9. The third-order valence-electron chi connectivity index (χ3n) is 4.46. The number of nitrogens with zero attached hydrogens (tertiary/aromatic N) is 1. The van der Waals surface area contributed by atoms with E-state index in [1.165, 1.54) is 11.8 Å². The number of ether oxygens (including phenoxy) is 1. The molecule has 3 aromatic rings. The molecule has 0 aromatic heterocycles. The Morgan fingerprint density at radius 3 is 2.56 bits per heavy atom. The van der Waals surface area contributed by atoms with Crippen LogP contribution in [0.3, 0.4) is 0 Å². The van der Waals surface area contributed by atoms with Gasteiger partial charge in [0.05, 0.1) is 21.3 Å². The standard InChI is InChI=1S/C24H16BrCl2N3O3S/c25-15-3-6-17(7-4-15)28-24-30-23(32)21(34-24)11-14-1-8-18(9-2-14)33-13-22(31)29-20-12-16(26)5-10-19(20)27/h1-12H,13H2,(H,29,31)(H,28,30,32)/b21-11-. The van der Waals surface area contributed by atoms with Crippen LogP contribution in [0.15, 0.2) is 81.1 Å². The van der Waals surface area contributed by atoms with Crippen molar-refractivity contribution < 1.29 is 14.3 Å². The van der Waals surface area contributed by atoms with Crippen LogP contribution in [0.25, 0.3) is 6.08 Å². The molecule has 2 N–H and O–H groups in total. The normalized spacial score (nSPS) is 15.4. The molecule has 1 aliphatic heterocycles. The van der Waals surface area contributed by atoms with Crippen molar-refractivity contribution in [2.24, 2.45) is 4.99 Å². The van der Waals surface area contributed by atoms with Gasteiger partial charge in [-0.25, -0.2) is 4.99 Å². The lowest BCUT2D eigenvalue weighted by Crippen LogP contribution is -2.20. The fourth-order valence-electron chi connectivity index (χ4n) is 2.85. The first kappa shape index (κ1) is 24.3. The van der Waals surface area contributed by atoms with Gasteiger partial charge in [0.2, 0.25) is 0 Å². The Morgan fingerprint density at radius 1 is 1.09 bits per heavy atom. The minimum Gasteiger partial charge on any atom is -0.484 e. The van der Waals surface area contributed by atoms with Crippen LogP contribution in [0.5, 0.6) is 5.75 Å². The van der Waals surface area contributed by atoms with Gasteiger partial charge in [0, 0.05) is 9.50 Å². The maximum absolute atomic E-state index is 12.3. The fraction of sp³-hybridized carbons (Fsp3) is 0.0417. The van der Waals surface area contributed by atoms with Gasteiger partial charge in [-0.15, -0.1) is 0 Å². The van der Waals surface area contributed by atoms with Gasteiger partial charge < -0.3 is 15.4 Å². The number of halogens is 3. The van der Waals surface area contributed by atoms with Gasteiger partial charge in [0.25, 0.3) is 11.8 Å². The van der Waals surface area contributed by atoms with E-state index in [4.69, 9.17) is 27.9 Å². The average Bonchev–Trinajstić information content (AvgIpc) is 3.15. The minimum atomic E-state index is -0.369. The van der Waals surface area contributed by atoms with Crippen LogP contribution in [0, 0.1) is 0 Å². The number of thioether (sulfide) groups is 1. The molecule has 10 heteroatoms. The van der Waals surface area contributed by atoms with Crippen LogP contribution in [0.2, 0.25) is 10.0 Å². The molecule has 34 heavy (non-hydrogen) atoms. The molecule has 0 unspecified atom stereocenters. The second kappa shape index (κ2) is 11.1. The van der Waals surface area contributed by atoms with E-state index < -0.39 is 0 Å². The molecule has 0 saturated carbocycles. The van der Waals surface area contributed by atoms with Crippen LogP contribution in [0.1, 0.15) is 5.56 Å². The van der Waals surface area contributed by atoms with Gasteiger partial charge in [-0.05, 0) is 78.0 Å². The van der Waals surface area contributed by atoms with E-state index in [1.807, 2.05) is 24.3 Å². The molecular formula is C24H16BrCl2N3O3S. The lowest BCUT2D eigenvalue weighted by molar-refractivity contribution is -0.118. The first-order valence-electron chi connectivity index (χ1n) is 9.89. The molecule has 2 amide bonds. The second-order valence-corrected chi connectivity index (χ2v) is 9.78. The summed E-state index contributed by atoms with van der Waals surface area (Å²) in [6.45, 7) is -0.197. The van der Waals surface area contributed by atoms with E-state index in [9.17, 15) is 9.59 Å². The van der Waals surface area contributed by atoms with Gasteiger partial charge in [0.1, 0.15) is 5.75 Å². The minimum absolute atomic E-state index is 0.197. The number of amidine groups is 1. The van der Waals surface area contributed by atoms with Crippen molar-refractivity contribution in [3.05, 3.63) is 91.7 Å². The molecule has 0 radical (unpaired) electrons. The zero-order valence-electron chi connectivity index (χ0n) is 17.3. The number of anilines is 1. The molecule has 172 valence electrons. The van der Waals surface area contributed by atoms with E-state index in [0.717, 1.165) is 15.7 Å². The number of hydrogen-bond donors (Lipinski definition) is 2. The number of amides is 2. The number of rotatable bonds is 6. The van der Waals surface area contributed by atoms with Gasteiger partial charge in [0.15, 0.2) is 11.8 Å². The van der Waals surface area contributed by atoms with Gasteiger partial charge in [-0.3, -0.25) is 9.59 Å². The number of nitrogens with one attached hydrogen (secondary N) is 2. The Bertz CT molecular complexity index is 1300. The van der Waals surface area contributed by atoms with Crippen LogP contribution in [-0.2, 0) is 9.59 Å². The number of hydrogen-bond acceptors (Lipinski definition) is 5. The molecular weight excluding hydrogens is 561 g/mol. The van der Waals surface area contributed by atoms with Crippen molar-refractivity contribution in [1.29, 1.82) is 0 Å². The Kier molecular flexibility index (Phi) is 7.95. The van der Waals surface area contributed by atoms with Crippen LogP contribution in [0.4, 0.5) is 11.4 Å². The molecule has 1 heterocycles. The van der Waals surface area contributed by atoms with Gasteiger partial charge in [-0.1, -0.05) is 51.3 Å². The average molecular weight is 577 g/mol. The Balaban J connectivity index is 1.34.